The summed E-state index contributed by atoms with van der Waals surface area (Å²) >= 11 is 0. The summed E-state index contributed by atoms with van der Waals surface area (Å²) in [5.41, 5.74) is -0.452. The average Bonchev–Trinajstić information content (AvgIpc) is 2.74. The third-order valence-electron chi connectivity index (χ3n) is 5.76. The van der Waals surface area contributed by atoms with E-state index in [1.165, 1.54) is 0 Å². The Bertz CT molecular complexity index is 556. The van der Waals surface area contributed by atoms with E-state index in [1.54, 1.807) is 0 Å². The van der Waals surface area contributed by atoms with E-state index in [1.807, 2.05) is 32.6 Å². The highest BCUT2D eigenvalue weighted by atomic mass is 127. The van der Waals surface area contributed by atoms with Gasteiger partial charge in [0.15, 0.2) is 5.96 Å². The lowest BCUT2D eigenvalue weighted by atomic mass is 9.96. The number of guanidine groups is 1. The second-order valence-corrected chi connectivity index (χ2v) is 9.49. The number of nitrogens with zero attached hydrogens (tertiary/aromatic N) is 4. The van der Waals surface area contributed by atoms with E-state index in [0.29, 0.717) is 12.5 Å². The molecule has 0 radical (unpaired) electrons. The van der Waals surface area contributed by atoms with Crippen molar-refractivity contribution in [3.63, 3.8) is 0 Å². The van der Waals surface area contributed by atoms with Crippen LogP contribution in [0.15, 0.2) is 4.99 Å². The fraction of sp³-hybridized carbons (Fsp3) is 0.913. The highest BCUT2D eigenvalue weighted by Gasteiger charge is 2.27. The Morgan fingerprint density at radius 3 is 2.38 bits per heavy atom. The first-order valence-corrected chi connectivity index (χ1v) is 12.1. The number of hydrogen-bond donors (Lipinski definition) is 1. The van der Waals surface area contributed by atoms with Gasteiger partial charge in [-0.05, 0) is 59.8 Å². The van der Waals surface area contributed by atoms with Crippen molar-refractivity contribution in [2.45, 2.75) is 59.5 Å². The third kappa shape index (κ3) is 10.9. The molecule has 2 heterocycles. The monoisotopic (exact) mass is 567 g/mol. The van der Waals surface area contributed by atoms with Gasteiger partial charge in [-0.15, -0.1) is 24.0 Å². The van der Waals surface area contributed by atoms with Gasteiger partial charge in [0.25, 0.3) is 0 Å². The normalized spacial score (nSPS) is 18.8. The molecule has 0 aromatic carbocycles. The summed E-state index contributed by atoms with van der Waals surface area (Å²) in [5, 5.41) is 3.46. The van der Waals surface area contributed by atoms with Gasteiger partial charge in [-0.1, -0.05) is 0 Å². The molecule has 2 saturated heterocycles. The van der Waals surface area contributed by atoms with Gasteiger partial charge in [0.05, 0.1) is 13.2 Å². The Labute approximate surface area is 212 Å². The first-order chi connectivity index (χ1) is 14.8. The highest BCUT2D eigenvalue weighted by Crippen LogP contribution is 2.20. The Morgan fingerprint density at radius 2 is 1.81 bits per heavy atom. The maximum absolute atomic E-state index is 12.4. The van der Waals surface area contributed by atoms with Crippen molar-refractivity contribution < 1.29 is 14.3 Å². The maximum Gasteiger partial charge on any atom is 0.410 e. The summed E-state index contributed by atoms with van der Waals surface area (Å²) in [6.45, 7) is 19.9. The molecule has 0 bridgehead atoms. The van der Waals surface area contributed by atoms with Gasteiger partial charge in [-0.2, -0.15) is 0 Å². The molecule has 0 spiro atoms. The number of ether oxygens (including phenoxy) is 2. The molecule has 2 aliphatic heterocycles. The molecule has 0 saturated carbocycles. The van der Waals surface area contributed by atoms with Crippen molar-refractivity contribution in [1.29, 1.82) is 0 Å². The molecule has 0 aliphatic carbocycles. The van der Waals surface area contributed by atoms with E-state index in [0.717, 1.165) is 90.8 Å². The SMILES string of the molecule is CCNC(=NCCCN1CCOCC1)N1CCC(CN(CC)C(=O)OC(C)(C)C)CC1.I. The highest BCUT2D eigenvalue weighted by molar-refractivity contribution is 14.0. The van der Waals surface area contributed by atoms with Gasteiger partial charge < -0.3 is 24.6 Å². The van der Waals surface area contributed by atoms with Crippen LogP contribution in [-0.4, -0.2) is 104 Å². The van der Waals surface area contributed by atoms with Crippen molar-refractivity contribution >= 4 is 36.0 Å². The van der Waals surface area contributed by atoms with Crippen LogP contribution in [0, 0.1) is 5.92 Å². The van der Waals surface area contributed by atoms with Crippen LogP contribution in [0.2, 0.25) is 0 Å². The number of carbonyl (C=O) groups excluding carboxylic acids is 1. The molecule has 9 heteroatoms. The van der Waals surface area contributed by atoms with E-state index < -0.39 is 5.60 Å². The number of carbonyl (C=O) groups is 1. The summed E-state index contributed by atoms with van der Waals surface area (Å²) in [5.74, 6) is 1.54. The van der Waals surface area contributed by atoms with Crippen LogP contribution in [0.5, 0.6) is 0 Å². The van der Waals surface area contributed by atoms with Crippen LogP contribution in [0.4, 0.5) is 4.79 Å². The van der Waals surface area contributed by atoms with Gasteiger partial charge in [0, 0.05) is 58.9 Å². The molecule has 1 amide bonds. The van der Waals surface area contributed by atoms with Gasteiger partial charge in [0.2, 0.25) is 0 Å². The average molecular weight is 568 g/mol. The minimum atomic E-state index is -0.452. The topological polar surface area (TPSA) is 69.6 Å². The molecule has 32 heavy (non-hydrogen) atoms. The maximum atomic E-state index is 12.4. The lowest BCUT2D eigenvalue weighted by molar-refractivity contribution is 0.0214. The van der Waals surface area contributed by atoms with E-state index in [-0.39, 0.29) is 30.1 Å². The van der Waals surface area contributed by atoms with Crippen LogP contribution >= 0.6 is 24.0 Å². The van der Waals surface area contributed by atoms with Gasteiger partial charge in [-0.25, -0.2) is 4.79 Å². The van der Waals surface area contributed by atoms with Crippen LogP contribution in [0.1, 0.15) is 53.9 Å². The molecule has 0 unspecified atom stereocenters. The van der Waals surface area contributed by atoms with E-state index in [2.05, 4.69) is 22.0 Å². The van der Waals surface area contributed by atoms with Crippen molar-refractivity contribution in [1.82, 2.24) is 20.0 Å². The number of aliphatic imine (C=N–C) groups is 1. The summed E-state index contributed by atoms with van der Waals surface area (Å²) in [7, 11) is 0. The van der Waals surface area contributed by atoms with Crippen molar-refractivity contribution in [3.8, 4) is 0 Å². The number of rotatable bonds is 8. The lowest BCUT2D eigenvalue weighted by Crippen LogP contribution is -2.48. The molecule has 2 rings (SSSR count). The molecular formula is C23H46IN5O3. The number of piperidine rings is 1. The number of nitrogens with one attached hydrogen (secondary N) is 1. The first kappa shape index (κ1) is 29.2. The van der Waals surface area contributed by atoms with Crippen LogP contribution < -0.4 is 5.32 Å². The largest absolute Gasteiger partial charge is 0.444 e. The van der Waals surface area contributed by atoms with Crippen LogP contribution in [0.25, 0.3) is 0 Å². The zero-order valence-electron chi connectivity index (χ0n) is 20.9. The Balaban J connectivity index is 0.00000512. The first-order valence-electron chi connectivity index (χ1n) is 12.1. The number of halogens is 1. The van der Waals surface area contributed by atoms with E-state index in [4.69, 9.17) is 14.5 Å². The molecular weight excluding hydrogens is 521 g/mol. The molecule has 2 aliphatic rings. The predicted molar refractivity (Wildman–Crippen MR) is 141 cm³/mol. The van der Waals surface area contributed by atoms with E-state index in [9.17, 15) is 4.79 Å². The number of likely N-dealkylation sites (tertiary alicyclic amines) is 1. The Hall–Kier alpha value is -0.810. The van der Waals surface area contributed by atoms with Crippen LogP contribution in [-0.2, 0) is 9.47 Å². The summed E-state index contributed by atoms with van der Waals surface area (Å²) in [6.07, 6.45) is 3.01. The van der Waals surface area contributed by atoms with E-state index >= 15 is 0 Å². The second-order valence-electron chi connectivity index (χ2n) is 9.49. The summed E-state index contributed by atoms with van der Waals surface area (Å²) < 4.78 is 11.0. The number of morpholine rings is 1. The number of hydrogen-bond acceptors (Lipinski definition) is 5. The zero-order valence-corrected chi connectivity index (χ0v) is 23.2. The second kappa shape index (κ2) is 15.2. The van der Waals surface area contributed by atoms with Crippen molar-refractivity contribution in [3.05, 3.63) is 0 Å². The minimum Gasteiger partial charge on any atom is -0.444 e. The Kier molecular flexibility index (Phi) is 13.8. The predicted octanol–water partition coefficient (Wildman–Crippen LogP) is 3.26. The molecule has 0 aromatic rings. The Morgan fingerprint density at radius 1 is 1.16 bits per heavy atom. The van der Waals surface area contributed by atoms with Gasteiger partial charge >= 0.3 is 6.09 Å². The summed E-state index contributed by atoms with van der Waals surface area (Å²) in [6, 6.07) is 0. The molecule has 2 fully saturated rings. The molecule has 8 nitrogen and oxygen atoms in total. The molecule has 188 valence electrons. The number of amides is 1. The minimum absolute atomic E-state index is 0. The van der Waals surface area contributed by atoms with Crippen molar-refractivity contribution in [2.75, 3.05) is 72.1 Å². The lowest BCUT2D eigenvalue weighted by Gasteiger charge is -2.36. The van der Waals surface area contributed by atoms with Crippen LogP contribution in [0.3, 0.4) is 0 Å². The standard InChI is InChI=1S/C23H45N5O3.HI/c1-6-24-21(25-11-8-12-26-15-17-30-18-16-26)28-13-9-20(10-14-28)19-27(7-2)22(29)31-23(3,4)5;/h20H,6-19H2,1-5H3,(H,24,25);1H. The molecule has 1 N–H and O–H groups in total. The molecule has 0 atom stereocenters. The smallest absolute Gasteiger partial charge is 0.410 e. The quantitative estimate of drug-likeness (QED) is 0.210. The zero-order chi connectivity index (χ0) is 22.7. The van der Waals surface area contributed by atoms with Crippen molar-refractivity contribution in [2.24, 2.45) is 10.9 Å². The van der Waals surface area contributed by atoms with Gasteiger partial charge in [0.1, 0.15) is 5.60 Å². The third-order valence-corrected chi connectivity index (χ3v) is 5.76. The summed E-state index contributed by atoms with van der Waals surface area (Å²) in [4.78, 5) is 24.0. The fourth-order valence-corrected chi connectivity index (χ4v) is 4.03. The molecule has 0 aromatic heterocycles. The van der Waals surface area contributed by atoms with Gasteiger partial charge in [-0.3, -0.25) is 9.89 Å². The fourth-order valence-electron chi connectivity index (χ4n) is 4.03.